The van der Waals surface area contributed by atoms with Gasteiger partial charge in [-0.1, -0.05) is 6.92 Å². The Morgan fingerprint density at radius 2 is 2.22 bits per heavy atom. The number of aromatic nitrogens is 1. The second-order valence-electron chi connectivity index (χ2n) is 5.08. The summed E-state index contributed by atoms with van der Waals surface area (Å²) in [6.07, 6.45) is 5.38. The third kappa shape index (κ3) is 2.53. The van der Waals surface area contributed by atoms with Crippen molar-refractivity contribution >= 4 is 5.91 Å². The van der Waals surface area contributed by atoms with E-state index in [1.54, 1.807) is 12.4 Å². The minimum absolute atomic E-state index is 0.193. The van der Waals surface area contributed by atoms with E-state index in [1.165, 1.54) is 0 Å². The molecule has 4 nitrogen and oxygen atoms in total. The highest BCUT2D eigenvalue weighted by Crippen LogP contribution is 2.31. The fourth-order valence-corrected chi connectivity index (χ4v) is 2.62. The highest BCUT2D eigenvalue weighted by Gasteiger charge is 2.40. The van der Waals surface area contributed by atoms with Crippen molar-refractivity contribution < 1.29 is 4.79 Å². The average molecular weight is 247 g/mol. The van der Waals surface area contributed by atoms with Gasteiger partial charge in [-0.25, -0.2) is 0 Å². The van der Waals surface area contributed by atoms with Crippen molar-refractivity contribution in [2.45, 2.75) is 26.3 Å². The smallest absolute Gasteiger partial charge is 0.230 e. The fourth-order valence-electron chi connectivity index (χ4n) is 2.62. The molecule has 4 heteroatoms. The number of nitrogens with zero attached hydrogens (tertiary/aromatic N) is 2. The molecule has 1 aliphatic heterocycles. The summed E-state index contributed by atoms with van der Waals surface area (Å²) in [5, 5.41) is 3.31. The second kappa shape index (κ2) is 5.48. The zero-order chi connectivity index (χ0) is 13.0. The molecule has 1 aromatic rings. The molecule has 0 spiro atoms. The van der Waals surface area contributed by atoms with Crippen molar-refractivity contribution in [1.82, 2.24) is 15.2 Å². The highest BCUT2D eigenvalue weighted by atomic mass is 16.2. The standard InChI is InChI=1S/C14H21N3O/c1-3-14(6-9-16-11-14)13(18)17(2)10-12-4-7-15-8-5-12/h4-5,7-8,16H,3,6,9-11H2,1-2H3. The summed E-state index contributed by atoms with van der Waals surface area (Å²) in [4.78, 5) is 18.4. The molecule has 18 heavy (non-hydrogen) atoms. The molecule has 98 valence electrons. The number of carbonyl (C=O) groups is 1. The maximum absolute atomic E-state index is 12.6. The molecule has 0 aliphatic carbocycles. The van der Waals surface area contributed by atoms with Crippen molar-refractivity contribution in [3.8, 4) is 0 Å². The van der Waals surface area contributed by atoms with Gasteiger partial charge in [-0.05, 0) is 37.1 Å². The molecule has 2 rings (SSSR count). The summed E-state index contributed by atoms with van der Waals surface area (Å²) in [6, 6.07) is 3.91. The van der Waals surface area contributed by atoms with Crippen molar-refractivity contribution in [1.29, 1.82) is 0 Å². The van der Waals surface area contributed by atoms with Crippen LogP contribution in [0.1, 0.15) is 25.3 Å². The van der Waals surface area contributed by atoms with Gasteiger partial charge in [0.2, 0.25) is 5.91 Å². The van der Waals surface area contributed by atoms with E-state index in [0.29, 0.717) is 6.54 Å². The Bertz CT molecular complexity index is 399. The molecular weight excluding hydrogens is 226 g/mol. The number of hydrogen-bond acceptors (Lipinski definition) is 3. The summed E-state index contributed by atoms with van der Waals surface area (Å²) in [5.41, 5.74) is 0.931. The Balaban J connectivity index is 2.04. The molecule has 1 aromatic heterocycles. The Labute approximate surface area is 108 Å². The van der Waals surface area contributed by atoms with Gasteiger partial charge in [0.1, 0.15) is 0 Å². The minimum Gasteiger partial charge on any atom is -0.341 e. The quantitative estimate of drug-likeness (QED) is 0.875. The van der Waals surface area contributed by atoms with Crippen LogP contribution < -0.4 is 5.32 Å². The van der Waals surface area contributed by atoms with Crippen LogP contribution in [0.2, 0.25) is 0 Å². The van der Waals surface area contributed by atoms with Gasteiger partial charge in [0, 0.05) is 32.5 Å². The van der Waals surface area contributed by atoms with Gasteiger partial charge in [0.05, 0.1) is 5.41 Å². The van der Waals surface area contributed by atoms with Gasteiger partial charge in [-0.3, -0.25) is 9.78 Å². The maximum Gasteiger partial charge on any atom is 0.230 e. The molecule has 1 unspecified atom stereocenters. The molecule has 1 amide bonds. The van der Waals surface area contributed by atoms with E-state index in [9.17, 15) is 4.79 Å². The second-order valence-corrected chi connectivity index (χ2v) is 5.08. The summed E-state index contributed by atoms with van der Waals surface area (Å²) in [5.74, 6) is 0.256. The molecule has 1 saturated heterocycles. The average Bonchev–Trinajstić information content (AvgIpc) is 2.89. The first-order valence-electron chi connectivity index (χ1n) is 6.53. The van der Waals surface area contributed by atoms with Crippen LogP contribution in [0.3, 0.4) is 0 Å². The third-order valence-corrected chi connectivity index (χ3v) is 3.89. The zero-order valence-corrected chi connectivity index (χ0v) is 11.1. The third-order valence-electron chi connectivity index (χ3n) is 3.89. The lowest BCUT2D eigenvalue weighted by molar-refractivity contribution is -0.140. The molecule has 0 aromatic carbocycles. The minimum atomic E-state index is -0.193. The number of rotatable bonds is 4. The van der Waals surface area contributed by atoms with Gasteiger partial charge in [-0.2, -0.15) is 0 Å². The van der Waals surface area contributed by atoms with Crippen LogP contribution in [0.5, 0.6) is 0 Å². The van der Waals surface area contributed by atoms with Crippen LogP contribution in [0.15, 0.2) is 24.5 Å². The van der Waals surface area contributed by atoms with Crippen molar-refractivity contribution in [2.75, 3.05) is 20.1 Å². The monoisotopic (exact) mass is 247 g/mol. The van der Waals surface area contributed by atoms with E-state index in [2.05, 4.69) is 17.2 Å². The molecule has 2 heterocycles. The summed E-state index contributed by atoms with van der Waals surface area (Å²) in [6.45, 7) is 4.51. The Kier molecular flexibility index (Phi) is 3.97. The number of pyridine rings is 1. The molecule has 1 fully saturated rings. The number of carbonyl (C=O) groups excluding carboxylic acids is 1. The number of hydrogen-bond donors (Lipinski definition) is 1. The number of nitrogens with one attached hydrogen (secondary N) is 1. The van der Waals surface area contributed by atoms with Gasteiger partial charge in [0.25, 0.3) is 0 Å². The van der Waals surface area contributed by atoms with E-state index < -0.39 is 0 Å². The molecular formula is C14H21N3O. The molecule has 0 radical (unpaired) electrons. The van der Waals surface area contributed by atoms with Crippen LogP contribution in [0, 0.1) is 5.41 Å². The van der Waals surface area contributed by atoms with Crippen molar-refractivity contribution in [3.63, 3.8) is 0 Å². The van der Waals surface area contributed by atoms with Crippen molar-refractivity contribution in [2.24, 2.45) is 5.41 Å². The lowest BCUT2D eigenvalue weighted by Gasteiger charge is -2.30. The van der Waals surface area contributed by atoms with Gasteiger partial charge >= 0.3 is 0 Å². The summed E-state index contributed by atoms with van der Waals surface area (Å²) in [7, 11) is 1.89. The normalized spacial score (nSPS) is 23.0. The maximum atomic E-state index is 12.6. The summed E-state index contributed by atoms with van der Waals surface area (Å²) >= 11 is 0. The van der Waals surface area contributed by atoms with Crippen molar-refractivity contribution in [3.05, 3.63) is 30.1 Å². The number of amides is 1. The van der Waals surface area contributed by atoms with Crippen LogP contribution in [0.4, 0.5) is 0 Å². The van der Waals surface area contributed by atoms with Gasteiger partial charge in [0.15, 0.2) is 0 Å². The SMILES string of the molecule is CCC1(C(=O)N(C)Cc2ccncc2)CCNC1. The molecule has 0 bridgehead atoms. The van der Waals surface area contributed by atoms with Gasteiger partial charge < -0.3 is 10.2 Å². The van der Waals surface area contributed by atoms with E-state index in [4.69, 9.17) is 0 Å². The van der Waals surface area contributed by atoms with Crippen LogP contribution >= 0.6 is 0 Å². The lowest BCUT2D eigenvalue weighted by atomic mass is 9.83. The summed E-state index contributed by atoms with van der Waals surface area (Å²) < 4.78 is 0. The molecule has 0 saturated carbocycles. The molecule has 1 aliphatic rings. The van der Waals surface area contributed by atoms with E-state index in [-0.39, 0.29) is 11.3 Å². The predicted octanol–water partition coefficient (Wildman–Crippen LogP) is 1.43. The van der Waals surface area contributed by atoms with E-state index >= 15 is 0 Å². The van der Waals surface area contributed by atoms with Crippen LogP contribution in [-0.2, 0) is 11.3 Å². The Hall–Kier alpha value is -1.42. The van der Waals surface area contributed by atoms with Crippen LogP contribution in [0.25, 0.3) is 0 Å². The van der Waals surface area contributed by atoms with E-state index in [1.807, 2.05) is 24.1 Å². The largest absolute Gasteiger partial charge is 0.341 e. The Morgan fingerprint density at radius 3 is 2.78 bits per heavy atom. The molecule has 1 N–H and O–H groups in total. The first-order chi connectivity index (χ1) is 8.68. The first kappa shape index (κ1) is 13.0. The fraction of sp³-hybridized carbons (Fsp3) is 0.571. The van der Waals surface area contributed by atoms with Gasteiger partial charge in [-0.15, -0.1) is 0 Å². The highest BCUT2D eigenvalue weighted by molar-refractivity contribution is 5.83. The molecule has 1 atom stereocenters. The first-order valence-corrected chi connectivity index (χ1v) is 6.53. The zero-order valence-electron chi connectivity index (χ0n) is 11.1. The lowest BCUT2D eigenvalue weighted by Crippen LogP contribution is -2.42. The Morgan fingerprint density at radius 1 is 1.50 bits per heavy atom. The van der Waals surface area contributed by atoms with Crippen LogP contribution in [-0.4, -0.2) is 35.9 Å². The predicted molar refractivity (Wildman–Crippen MR) is 70.9 cm³/mol. The topological polar surface area (TPSA) is 45.2 Å². The van der Waals surface area contributed by atoms with E-state index in [0.717, 1.165) is 31.5 Å².